The van der Waals surface area contributed by atoms with Gasteiger partial charge >= 0.3 is 5.69 Å². The van der Waals surface area contributed by atoms with E-state index in [1.54, 1.807) is 9.13 Å². The third-order valence-corrected chi connectivity index (χ3v) is 2.96. The second kappa shape index (κ2) is 3.26. The van der Waals surface area contributed by atoms with E-state index < -0.39 is 0 Å². The highest BCUT2D eigenvalue weighted by molar-refractivity contribution is 5.80. The molecule has 0 saturated heterocycles. The maximum absolute atomic E-state index is 11.8. The van der Waals surface area contributed by atoms with Gasteiger partial charge in [-0.1, -0.05) is 13.0 Å². The first-order valence-electron chi connectivity index (χ1n) is 5.21. The van der Waals surface area contributed by atoms with Crippen molar-refractivity contribution in [2.24, 2.45) is 14.1 Å². The Morgan fingerprint density at radius 1 is 1.20 bits per heavy atom. The van der Waals surface area contributed by atoms with E-state index in [2.05, 4.69) is 26.0 Å². The normalized spacial score (nSPS) is 11.2. The van der Waals surface area contributed by atoms with Crippen LogP contribution in [0, 0.1) is 6.92 Å². The molecule has 0 amide bonds. The van der Waals surface area contributed by atoms with Crippen molar-refractivity contribution in [1.82, 2.24) is 9.13 Å². The zero-order valence-corrected chi connectivity index (χ0v) is 9.66. The first-order valence-corrected chi connectivity index (χ1v) is 5.21. The van der Waals surface area contributed by atoms with Crippen molar-refractivity contribution in [3.05, 3.63) is 33.7 Å². The Morgan fingerprint density at radius 2 is 1.87 bits per heavy atom. The molecule has 3 nitrogen and oxygen atoms in total. The van der Waals surface area contributed by atoms with E-state index >= 15 is 0 Å². The number of benzene rings is 1. The molecule has 0 aliphatic carbocycles. The van der Waals surface area contributed by atoms with Crippen molar-refractivity contribution in [1.29, 1.82) is 0 Å². The summed E-state index contributed by atoms with van der Waals surface area (Å²) < 4.78 is 3.44. The third-order valence-electron chi connectivity index (χ3n) is 2.96. The summed E-state index contributed by atoms with van der Waals surface area (Å²) in [7, 11) is 3.66. The minimum absolute atomic E-state index is 0.0466. The van der Waals surface area contributed by atoms with E-state index in [0.29, 0.717) is 0 Å². The van der Waals surface area contributed by atoms with Gasteiger partial charge in [0, 0.05) is 14.1 Å². The number of fused-ring (bicyclic) bond motifs is 1. The molecule has 3 heteroatoms. The van der Waals surface area contributed by atoms with Gasteiger partial charge in [-0.3, -0.25) is 9.13 Å². The van der Waals surface area contributed by atoms with Crippen LogP contribution in [0.5, 0.6) is 0 Å². The third kappa shape index (κ3) is 1.30. The second-order valence-corrected chi connectivity index (χ2v) is 4.05. The van der Waals surface area contributed by atoms with Crippen molar-refractivity contribution in [2.75, 3.05) is 0 Å². The highest BCUT2D eigenvalue weighted by Crippen LogP contribution is 2.19. The van der Waals surface area contributed by atoms with Crippen molar-refractivity contribution < 1.29 is 0 Å². The average molecular weight is 204 g/mol. The molecule has 2 rings (SSSR count). The number of nitrogens with zero attached hydrogens (tertiary/aromatic N) is 2. The van der Waals surface area contributed by atoms with Crippen LogP contribution in [0.15, 0.2) is 16.9 Å². The Balaban J connectivity index is 3.03. The first-order chi connectivity index (χ1) is 7.06. The van der Waals surface area contributed by atoms with Crippen LogP contribution < -0.4 is 5.69 Å². The van der Waals surface area contributed by atoms with Crippen LogP contribution in [0.4, 0.5) is 0 Å². The fourth-order valence-electron chi connectivity index (χ4n) is 2.17. The summed E-state index contributed by atoms with van der Waals surface area (Å²) in [4.78, 5) is 11.8. The molecule has 0 aliphatic rings. The summed E-state index contributed by atoms with van der Waals surface area (Å²) in [6, 6.07) is 4.22. The fourth-order valence-corrected chi connectivity index (χ4v) is 2.17. The molecule has 0 fully saturated rings. The molecule has 1 aromatic carbocycles. The van der Waals surface area contributed by atoms with Crippen LogP contribution >= 0.6 is 0 Å². The molecule has 15 heavy (non-hydrogen) atoms. The van der Waals surface area contributed by atoms with E-state index in [9.17, 15) is 4.79 Å². The van der Waals surface area contributed by atoms with Crippen LogP contribution in [-0.2, 0) is 20.5 Å². The van der Waals surface area contributed by atoms with Gasteiger partial charge in [0.2, 0.25) is 0 Å². The lowest BCUT2D eigenvalue weighted by molar-refractivity contribution is 0.793. The highest BCUT2D eigenvalue weighted by Gasteiger charge is 2.11. The van der Waals surface area contributed by atoms with Gasteiger partial charge in [0.15, 0.2) is 0 Å². The predicted octanol–water partition coefficient (Wildman–Crippen LogP) is 1.75. The second-order valence-electron chi connectivity index (χ2n) is 4.05. The van der Waals surface area contributed by atoms with Gasteiger partial charge in [-0.05, 0) is 30.5 Å². The molecule has 0 unspecified atom stereocenters. The Morgan fingerprint density at radius 3 is 2.47 bits per heavy atom. The molecule has 80 valence electrons. The van der Waals surface area contributed by atoms with E-state index in [1.807, 2.05) is 14.1 Å². The molecule has 0 atom stereocenters. The molecule has 0 aliphatic heterocycles. The van der Waals surface area contributed by atoms with E-state index in [-0.39, 0.29) is 5.69 Å². The molecule has 0 N–H and O–H groups in total. The monoisotopic (exact) mass is 204 g/mol. The Labute approximate surface area is 88.9 Å². The molecular formula is C12H16N2O. The van der Waals surface area contributed by atoms with Crippen molar-refractivity contribution in [3.8, 4) is 0 Å². The summed E-state index contributed by atoms with van der Waals surface area (Å²) in [5.74, 6) is 0. The van der Waals surface area contributed by atoms with Crippen molar-refractivity contribution >= 4 is 11.0 Å². The number of rotatable bonds is 1. The van der Waals surface area contributed by atoms with Gasteiger partial charge in [-0.2, -0.15) is 0 Å². The van der Waals surface area contributed by atoms with Crippen molar-refractivity contribution in [3.63, 3.8) is 0 Å². The van der Waals surface area contributed by atoms with Gasteiger partial charge < -0.3 is 0 Å². The van der Waals surface area contributed by atoms with E-state index in [0.717, 1.165) is 17.5 Å². The lowest BCUT2D eigenvalue weighted by Crippen LogP contribution is -2.19. The molecule has 0 bridgehead atoms. The zero-order chi connectivity index (χ0) is 11.2. The van der Waals surface area contributed by atoms with Gasteiger partial charge in [0.05, 0.1) is 11.0 Å². The van der Waals surface area contributed by atoms with Gasteiger partial charge in [0.25, 0.3) is 0 Å². The number of imidazole rings is 1. The molecule has 1 heterocycles. The lowest BCUT2D eigenvalue weighted by Gasteiger charge is -2.04. The van der Waals surface area contributed by atoms with E-state index in [1.165, 1.54) is 11.1 Å². The summed E-state index contributed by atoms with van der Waals surface area (Å²) in [6.07, 6.45) is 0.954. The summed E-state index contributed by atoms with van der Waals surface area (Å²) in [5, 5.41) is 0. The smallest absolute Gasteiger partial charge is 0.295 e. The highest BCUT2D eigenvalue weighted by atomic mass is 16.1. The van der Waals surface area contributed by atoms with Crippen LogP contribution in [0.2, 0.25) is 0 Å². The summed E-state index contributed by atoms with van der Waals surface area (Å²) in [5.41, 5.74) is 4.59. The molecule has 1 aromatic heterocycles. The largest absolute Gasteiger partial charge is 0.328 e. The number of hydrogen-bond donors (Lipinski definition) is 0. The van der Waals surface area contributed by atoms with E-state index in [4.69, 9.17) is 0 Å². The van der Waals surface area contributed by atoms with Gasteiger partial charge in [0.1, 0.15) is 0 Å². The molecule has 0 radical (unpaired) electrons. The number of aryl methyl sites for hydroxylation is 4. The summed E-state index contributed by atoms with van der Waals surface area (Å²) >= 11 is 0. The number of aromatic nitrogens is 2. The topological polar surface area (TPSA) is 26.9 Å². The predicted molar refractivity (Wildman–Crippen MR) is 62.3 cm³/mol. The maximum atomic E-state index is 11.8. The van der Waals surface area contributed by atoms with Crippen LogP contribution in [0.3, 0.4) is 0 Å². The Kier molecular flexibility index (Phi) is 2.18. The maximum Gasteiger partial charge on any atom is 0.328 e. The van der Waals surface area contributed by atoms with Gasteiger partial charge in [-0.15, -0.1) is 0 Å². The van der Waals surface area contributed by atoms with Crippen LogP contribution in [-0.4, -0.2) is 9.13 Å². The van der Waals surface area contributed by atoms with Crippen LogP contribution in [0.25, 0.3) is 11.0 Å². The quantitative estimate of drug-likeness (QED) is 0.695. The molecule has 0 spiro atoms. The zero-order valence-electron chi connectivity index (χ0n) is 9.66. The molecular weight excluding hydrogens is 188 g/mol. The van der Waals surface area contributed by atoms with Crippen molar-refractivity contribution in [2.45, 2.75) is 20.3 Å². The van der Waals surface area contributed by atoms with Crippen LogP contribution in [0.1, 0.15) is 18.1 Å². The molecule has 2 aromatic rings. The molecule has 0 saturated carbocycles. The summed E-state index contributed by atoms with van der Waals surface area (Å²) in [6.45, 7) is 4.18. The fraction of sp³-hybridized carbons (Fsp3) is 0.417. The lowest BCUT2D eigenvalue weighted by atomic mass is 10.1. The Hall–Kier alpha value is -1.51. The number of hydrogen-bond acceptors (Lipinski definition) is 1. The first kappa shape index (κ1) is 10.0. The average Bonchev–Trinajstić information content (AvgIpc) is 2.43. The SMILES string of the molecule is CCc1cc(C)cc2c1n(C)c(=O)n2C. The standard InChI is InChI=1S/C12H16N2O/c1-5-9-6-8(2)7-10-11(9)14(4)12(15)13(10)3/h6-7H,5H2,1-4H3. The minimum Gasteiger partial charge on any atom is -0.295 e. The minimum atomic E-state index is 0.0466. The van der Waals surface area contributed by atoms with Gasteiger partial charge in [-0.25, -0.2) is 4.79 Å². The Bertz CT molecular complexity index is 575.